The predicted molar refractivity (Wildman–Crippen MR) is 119 cm³/mol. The highest BCUT2D eigenvalue weighted by atomic mass is 16.5. The van der Waals surface area contributed by atoms with Crippen LogP contribution in [0.5, 0.6) is 11.5 Å². The summed E-state index contributed by atoms with van der Waals surface area (Å²) in [5, 5.41) is 9.61. The first-order valence-electron chi connectivity index (χ1n) is 10.7. The van der Waals surface area contributed by atoms with Gasteiger partial charge in [0.05, 0.1) is 0 Å². The fraction of sp³-hybridized carbons (Fsp3) is 0.538. The second kappa shape index (κ2) is 8.19. The monoisotopic (exact) mass is 380 g/mol. The fourth-order valence-corrected chi connectivity index (χ4v) is 4.75. The van der Waals surface area contributed by atoms with Crippen molar-refractivity contribution >= 4 is 6.08 Å². The van der Waals surface area contributed by atoms with E-state index in [1.807, 2.05) is 6.07 Å². The van der Waals surface area contributed by atoms with Crippen molar-refractivity contribution in [3.63, 3.8) is 0 Å². The van der Waals surface area contributed by atoms with Crippen LogP contribution in [0.15, 0.2) is 47.6 Å². The van der Waals surface area contributed by atoms with Gasteiger partial charge in [0.1, 0.15) is 17.1 Å². The highest BCUT2D eigenvalue weighted by Gasteiger charge is 2.32. The number of rotatable bonds is 6. The van der Waals surface area contributed by atoms with Crippen LogP contribution in [-0.2, 0) is 0 Å². The number of ether oxygens (including phenoxy) is 1. The molecule has 0 amide bonds. The van der Waals surface area contributed by atoms with Gasteiger partial charge in [-0.1, -0.05) is 43.2 Å². The van der Waals surface area contributed by atoms with E-state index >= 15 is 0 Å². The Balaban J connectivity index is 1.52. The van der Waals surface area contributed by atoms with E-state index in [-0.39, 0.29) is 11.4 Å². The van der Waals surface area contributed by atoms with Gasteiger partial charge in [-0.15, -0.1) is 0 Å². The minimum absolute atomic E-state index is 0.278. The zero-order valence-electron chi connectivity index (χ0n) is 18.2. The lowest BCUT2D eigenvalue weighted by Crippen LogP contribution is -2.31. The Morgan fingerprint density at radius 2 is 2.07 bits per heavy atom. The molecule has 2 unspecified atom stereocenters. The van der Waals surface area contributed by atoms with E-state index in [4.69, 9.17) is 4.74 Å². The molecule has 1 aliphatic heterocycles. The van der Waals surface area contributed by atoms with Crippen LogP contribution in [0.4, 0.5) is 0 Å². The van der Waals surface area contributed by atoms with Crippen LogP contribution in [0.2, 0.25) is 0 Å². The Kier molecular flexibility index (Phi) is 6.07. The average Bonchev–Trinajstić information content (AvgIpc) is 2.61. The van der Waals surface area contributed by atoms with Gasteiger partial charge in [-0.3, -0.25) is 0 Å². The second-order valence-corrected chi connectivity index (χ2v) is 9.63. The molecule has 152 valence electrons. The SMILES string of the molecule is CC(=CCCC1(C)C=Cc2cc(O)ccc2O1)CCC1C(C)=CCCC1(C)C. The van der Waals surface area contributed by atoms with E-state index in [0.717, 1.165) is 24.2 Å². The van der Waals surface area contributed by atoms with Crippen molar-refractivity contribution in [2.75, 3.05) is 0 Å². The first-order valence-corrected chi connectivity index (χ1v) is 10.7. The van der Waals surface area contributed by atoms with Gasteiger partial charge < -0.3 is 9.84 Å². The first kappa shape index (κ1) is 20.8. The smallest absolute Gasteiger partial charge is 0.128 e. The normalized spacial score (nSPS) is 26.4. The first-order chi connectivity index (χ1) is 13.2. The van der Waals surface area contributed by atoms with Crippen molar-refractivity contribution in [3.8, 4) is 11.5 Å². The molecular formula is C26H36O2. The van der Waals surface area contributed by atoms with Crippen molar-refractivity contribution in [1.82, 2.24) is 0 Å². The number of hydrogen-bond donors (Lipinski definition) is 1. The molecule has 0 saturated carbocycles. The second-order valence-electron chi connectivity index (χ2n) is 9.63. The van der Waals surface area contributed by atoms with Crippen LogP contribution in [0, 0.1) is 11.3 Å². The van der Waals surface area contributed by atoms with Gasteiger partial charge in [-0.25, -0.2) is 0 Å². The molecule has 1 aromatic rings. The molecule has 0 radical (unpaired) electrons. The maximum absolute atomic E-state index is 9.61. The van der Waals surface area contributed by atoms with Gasteiger partial charge in [-0.05, 0) is 94.9 Å². The van der Waals surface area contributed by atoms with E-state index in [9.17, 15) is 5.11 Å². The van der Waals surface area contributed by atoms with Gasteiger partial charge in [0.25, 0.3) is 0 Å². The highest BCUT2D eigenvalue weighted by Crippen LogP contribution is 2.43. The molecule has 0 bridgehead atoms. The maximum Gasteiger partial charge on any atom is 0.128 e. The average molecular weight is 381 g/mol. The number of phenols is 1. The summed E-state index contributed by atoms with van der Waals surface area (Å²) in [5.74, 6) is 1.84. The minimum atomic E-state index is -0.286. The molecule has 2 heteroatoms. The molecule has 28 heavy (non-hydrogen) atoms. The van der Waals surface area contributed by atoms with E-state index in [2.05, 4.69) is 58.9 Å². The third-order valence-corrected chi connectivity index (χ3v) is 6.66. The summed E-state index contributed by atoms with van der Waals surface area (Å²) in [5.41, 5.74) is 4.16. The molecular weight excluding hydrogens is 344 g/mol. The molecule has 1 heterocycles. The molecule has 0 spiro atoms. The summed E-state index contributed by atoms with van der Waals surface area (Å²) in [4.78, 5) is 0. The van der Waals surface area contributed by atoms with Crippen LogP contribution in [-0.4, -0.2) is 10.7 Å². The minimum Gasteiger partial charge on any atom is -0.508 e. The Morgan fingerprint density at radius 3 is 2.82 bits per heavy atom. The summed E-state index contributed by atoms with van der Waals surface area (Å²) in [6.07, 6.45) is 16.0. The zero-order valence-corrected chi connectivity index (χ0v) is 18.2. The fourth-order valence-electron chi connectivity index (χ4n) is 4.75. The molecule has 0 fully saturated rings. The standard InChI is InChI=1S/C26H36O2/c1-19(10-12-23-20(2)9-7-15-25(23,3)4)8-6-16-26(5)17-14-21-18-22(27)11-13-24(21)28-26/h8-9,11,13-14,17-18,23,27H,6-7,10,12,15-16H2,1-5H3. The summed E-state index contributed by atoms with van der Waals surface area (Å²) in [6, 6.07) is 5.29. The molecule has 1 aromatic carbocycles. The van der Waals surface area contributed by atoms with E-state index in [0.29, 0.717) is 11.3 Å². The number of aromatic hydroxyl groups is 1. The van der Waals surface area contributed by atoms with Crippen molar-refractivity contribution < 1.29 is 9.84 Å². The number of fused-ring (bicyclic) bond motifs is 1. The van der Waals surface area contributed by atoms with Crippen molar-refractivity contribution in [3.05, 3.63) is 53.1 Å². The molecule has 0 aromatic heterocycles. The lowest BCUT2D eigenvalue weighted by Gasteiger charge is -2.38. The summed E-state index contributed by atoms with van der Waals surface area (Å²) < 4.78 is 6.22. The third-order valence-electron chi connectivity index (χ3n) is 6.66. The van der Waals surface area contributed by atoms with Crippen molar-refractivity contribution in [2.45, 2.75) is 78.7 Å². The number of benzene rings is 1. The van der Waals surface area contributed by atoms with Crippen LogP contribution in [0.3, 0.4) is 0 Å². The number of hydrogen-bond acceptors (Lipinski definition) is 2. The molecule has 0 saturated heterocycles. The third kappa shape index (κ3) is 4.90. The number of phenolic OH excluding ortho intramolecular Hbond substituents is 1. The van der Waals surface area contributed by atoms with Gasteiger partial charge in [-0.2, -0.15) is 0 Å². The Bertz CT molecular complexity index is 797. The summed E-state index contributed by atoms with van der Waals surface area (Å²) in [7, 11) is 0. The largest absolute Gasteiger partial charge is 0.508 e. The summed E-state index contributed by atoms with van der Waals surface area (Å²) >= 11 is 0. The quantitative estimate of drug-likeness (QED) is 0.519. The van der Waals surface area contributed by atoms with Crippen LogP contribution >= 0.6 is 0 Å². The molecule has 2 aliphatic rings. The topological polar surface area (TPSA) is 29.5 Å². The molecule has 2 nitrogen and oxygen atoms in total. The summed E-state index contributed by atoms with van der Waals surface area (Å²) in [6.45, 7) is 11.6. The lowest BCUT2D eigenvalue weighted by molar-refractivity contribution is 0.128. The van der Waals surface area contributed by atoms with Crippen molar-refractivity contribution in [1.29, 1.82) is 0 Å². The number of allylic oxidation sites excluding steroid dienone is 4. The van der Waals surface area contributed by atoms with E-state index in [1.54, 1.807) is 17.7 Å². The lowest BCUT2D eigenvalue weighted by atomic mass is 9.67. The molecule has 2 atom stereocenters. The molecule has 1 aliphatic carbocycles. The van der Waals surface area contributed by atoms with Gasteiger partial charge >= 0.3 is 0 Å². The molecule has 3 rings (SSSR count). The maximum atomic E-state index is 9.61. The van der Waals surface area contributed by atoms with E-state index in [1.165, 1.54) is 31.3 Å². The van der Waals surface area contributed by atoms with Gasteiger partial charge in [0, 0.05) is 5.56 Å². The predicted octanol–water partition coefficient (Wildman–Crippen LogP) is 7.45. The highest BCUT2D eigenvalue weighted by molar-refractivity contribution is 5.62. The van der Waals surface area contributed by atoms with Crippen LogP contribution in [0.25, 0.3) is 6.08 Å². The van der Waals surface area contributed by atoms with Crippen LogP contribution < -0.4 is 4.74 Å². The Hall–Kier alpha value is -1.96. The Morgan fingerprint density at radius 1 is 1.29 bits per heavy atom. The molecule has 1 N–H and O–H groups in total. The van der Waals surface area contributed by atoms with Gasteiger partial charge in [0.15, 0.2) is 0 Å². The Labute approximate surface area is 171 Å². The van der Waals surface area contributed by atoms with Crippen LogP contribution in [0.1, 0.15) is 78.7 Å². The van der Waals surface area contributed by atoms with E-state index < -0.39 is 0 Å². The van der Waals surface area contributed by atoms with Crippen molar-refractivity contribution in [2.24, 2.45) is 11.3 Å². The zero-order chi connectivity index (χ0) is 20.4. The van der Waals surface area contributed by atoms with Gasteiger partial charge in [0.2, 0.25) is 0 Å².